The molecule has 0 bridgehead atoms. The molecule has 0 aromatic rings. The van der Waals surface area contributed by atoms with E-state index in [-0.39, 0.29) is 6.42 Å². The number of nitrogens with zero attached hydrogens (tertiary/aromatic N) is 2. The van der Waals surface area contributed by atoms with E-state index in [0.717, 1.165) is 45.8 Å². The number of aliphatic carboxylic acids is 1. The van der Waals surface area contributed by atoms with Gasteiger partial charge in [-0.2, -0.15) is 0 Å². The zero-order valence-corrected chi connectivity index (χ0v) is 11.2. The van der Waals surface area contributed by atoms with Crippen LogP contribution in [0.3, 0.4) is 0 Å². The lowest BCUT2D eigenvalue weighted by Crippen LogP contribution is -2.54. The topological polar surface area (TPSA) is 53.0 Å². The molecule has 0 spiro atoms. The number of rotatable bonds is 4. The molecule has 18 heavy (non-hydrogen) atoms. The number of ether oxygens (including phenoxy) is 1. The third-order valence-electron chi connectivity index (χ3n) is 4.11. The maximum atomic E-state index is 10.5. The molecule has 2 rings (SSSR count). The predicted molar refractivity (Wildman–Crippen MR) is 68.7 cm³/mol. The third-order valence-corrected chi connectivity index (χ3v) is 4.11. The van der Waals surface area contributed by atoms with Crippen molar-refractivity contribution in [3.05, 3.63) is 0 Å². The number of carbonyl (C=O) groups is 1. The third kappa shape index (κ3) is 3.67. The second kappa shape index (κ2) is 6.50. The first-order valence-corrected chi connectivity index (χ1v) is 6.93. The minimum atomic E-state index is -0.699. The van der Waals surface area contributed by atoms with Crippen molar-refractivity contribution in [3.8, 4) is 0 Å². The maximum Gasteiger partial charge on any atom is 0.304 e. The zero-order chi connectivity index (χ0) is 13.0. The van der Waals surface area contributed by atoms with Gasteiger partial charge >= 0.3 is 5.97 Å². The normalized spacial score (nSPS) is 31.4. The predicted octanol–water partition coefficient (Wildman–Crippen LogP) is 0.504. The van der Waals surface area contributed by atoms with Crippen molar-refractivity contribution in [1.82, 2.24) is 9.80 Å². The molecule has 5 nitrogen and oxygen atoms in total. The van der Waals surface area contributed by atoms with Crippen molar-refractivity contribution < 1.29 is 14.6 Å². The first-order valence-electron chi connectivity index (χ1n) is 6.93. The molecule has 1 N–H and O–H groups in total. The first kappa shape index (κ1) is 13.8. The molecule has 0 aromatic carbocycles. The highest BCUT2D eigenvalue weighted by atomic mass is 16.5. The summed E-state index contributed by atoms with van der Waals surface area (Å²) in [6.07, 6.45) is 1.39. The van der Waals surface area contributed by atoms with E-state index in [1.165, 1.54) is 0 Å². The van der Waals surface area contributed by atoms with Crippen molar-refractivity contribution >= 4 is 5.97 Å². The molecule has 2 aliphatic heterocycles. The molecule has 2 aliphatic rings. The Balaban J connectivity index is 1.74. The van der Waals surface area contributed by atoms with E-state index < -0.39 is 5.97 Å². The van der Waals surface area contributed by atoms with Gasteiger partial charge in [-0.3, -0.25) is 9.69 Å². The Labute approximate surface area is 109 Å². The van der Waals surface area contributed by atoms with Crippen molar-refractivity contribution in [3.63, 3.8) is 0 Å². The summed E-state index contributed by atoms with van der Waals surface area (Å²) in [5.41, 5.74) is 0. The summed E-state index contributed by atoms with van der Waals surface area (Å²) in [7, 11) is 0. The second-order valence-corrected chi connectivity index (χ2v) is 5.43. The van der Waals surface area contributed by atoms with Crippen LogP contribution in [0.15, 0.2) is 0 Å². The van der Waals surface area contributed by atoms with Crippen LogP contribution in [0.1, 0.15) is 19.8 Å². The highest BCUT2D eigenvalue weighted by molar-refractivity contribution is 5.66. The van der Waals surface area contributed by atoms with Crippen LogP contribution in [0.2, 0.25) is 0 Å². The summed E-state index contributed by atoms with van der Waals surface area (Å²) in [5.74, 6) is -0.0835. The highest BCUT2D eigenvalue weighted by Gasteiger charge is 2.29. The monoisotopic (exact) mass is 256 g/mol. The Kier molecular flexibility index (Phi) is 4.97. The first-order chi connectivity index (χ1) is 8.66. The van der Waals surface area contributed by atoms with Crippen LogP contribution in [0.5, 0.6) is 0 Å². The van der Waals surface area contributed by atoms with Crippen LogP contribution in [0.4, 0.5) is 0 Å². The molecule has 2 unspecified atom stereocenters. The van der Waals surface area contributed by atoms with E-state index in [9.17, 15) is 4.79 Å². The molecule has 0 aliphatic carbocycles. The van der Waals surface area contributed by atoms with E-state index in [1.54, 1.807) is 0 Å². The lowest BCUT2D eigenvalue weighted by molar-refractivity contribution is -0.137. The van der Waals surface area contributed by atoms with Crippen LogP contribution in [0.25, 0.3) is 0 Å². The molecule has 0 radical (unpaired) electrons. The van der Waals surface area contributed by atoms with Gasteiger partial charge in [0.25, 0.3) is 0 Å². The number of carboxylic acid groups (broad SMARTS) is 1. The van der Waals surface area contributed by atoms with Crippen LogP contribution in [-0.2, 0) is 9.53 Å². The Bertz CT molecular complexity index is 277. The highest BCUT2D eigenvalue weighted by Crippen LogP contribution is 2.21. The fourth-order valence-corrected chi connectivity index (χ4v) is 2.98. The van der Waals surface area contributed by atoms with E-state index >= 15 is 0 Å². The summed E-state index contributed by atoms with van der Waals surface area (Å²) >= 11 is 0. The minimum Gasteiger partial charge on any atom is -0.481 e. The molecule has 2 atom stereocenters. The van der Waals surface area contributed by atoms with Crippen LogP contribution in [-0.4, -0.2) is 72.9 Å². The van der Waals surface area contributed by atoms with Crippen LogP contribution >= 0.6 is 0 Å². The van der Waals surface area contributed by atoms with Gasteiger partial charge in [0.2, 0.25) is 0 Å². The van der Waals surface area contributed by atoms with Gasteiger partial charge in [0.05, 0.1) is 13.0 Å². The molecule has 2 heterocycles. The molecular formula is C13H24N2O3. The van der Waals surface area contributed by atoms with Gasteiger partial charge in [0.1, 0.15) is 0 Å². The van der Waals surface area contributed by atoms with Gasteiger partial charge in [0.15, 0.2) is 0 Å². The SMILES string of the molecule is CC1COCCC1N1CCN(CCC(=O)O)CC1. The Morgan fingerprint density at radius 3 is 2.67 bits per heavy atom. The number of piperazine rings is 1. The average molecular weight is 256 g/mol. The van der Waals surface area contributed by atoms with Gasteiger partial charge in [-0.25, -0.2) is 0 Å². The average Bonchev–Trinajstić information content (AvgIpc) is 2.38. The van der Waals surface area contributed by atoms with Crippen molar-refractivity contribution in [1.29, 1.82) is 0 Å². The lowest BCUT2D eigenvalue weighted by atomic mass is 9.95. The van der Waals surface area contributed by atoms with Crippen LogP contribution in [0, 0.1) is 5.92 Å². The molecular weight excluding hydrogens is 232 g/mol. The van der Waals surface area contributed by atoms with Crippen molar-refractivity contribution in [2.45, 2.75) is 25.8 Å². The number of carboxylic acids is 1. The summed E-state index contributed by atoms with van der Waals surface area (Å²) in [6.45, 7) is 8.84. The Morgan fingerprint density at radius 2 is 2.06 bits per heavy atom. The summed E-state index contributed by atoms with van der Waals surface area (Å²) in [4.78, 5) is 15.4. The van der Waals surface area contributed by atoms with Crippen LogP contribution < -0.4 is 0 Å². The van der Waals surface area contributed by atoms with Gasteiger partial charge in [-0.05, 0) is 12.3 Å². The van der Waals surface area contributed by atoms with Gasteiger partial charge in [-0.15, -0.1) is 0 Å². The van der Waals surface area contributed by atoms with Crippen molar-refractivity contribution in [2.75, 3.05) is 45.9 Å². The minimum absolute atomic E-state index is 0.258. The molecule has 2 saturated heterocycles. The molecule has 0 saturated carbocycles. The summed E-state index contributed by atoms with van der Waals surface area (Å²) in [5, 5.41) is 8.68. The maximum absolute atomic E-state index is 10.5. The Morgan fingerprint density at radius 1 is 1.33 bits per heavy atom. The fraction of sp³-hybridized carbons (Fsp3) is 0.923. The zero-order valence-electron chi connectivity index (χ0n) is 11.2. The molecule has 104 valence electrons. The molecule has 0 amide bonds. The van der Waals surface area contributed by atoms with Gasteiger partial charge < -0.3 is 14.7 Å². The van der Waals surface area contributed by atoms with Gasteiger partial charge in [0, 0.05) is 45.4 Å². The van der Waals surface area contributed by atoms with E-state index in [0.29, 0.717) is 18.5 Å². The van der Waals surface area contributed by atoms with Crippen molar-refractivity contribution in [2.24, 2.45) is 5.92 Å². The molecule has 2 fully saturated rings. The standard InChI is InChI=1S/C13H24N2O3/c1-11-10-18-9-3-12(11)15-7-5-14(6-8-15)4-2-13(16)17/h11-12H,2-10H2,1H3,(H,16,17). The molecule has 0 aromatic heterocycles. The van der Waals surface area contributed by atoms with E-state index in [1.807, 2.05) is 0 Å². The van der Waals surface area contributed by atoms with E-state index in [2.05, 4.69) is 16.7 Å². The lowest BCUT2D eigenvalue weighted by Gasteiger charge is -2.43. The summed E-state index contributed by atoms with van der Waals surface area (Å²) < 4.78 is 5.49. The van der Waals surface area contributed by atoms with E-state index in [4.69, 9.17) is 9.84 Å². The number of hydrogen-bond acceptors (Lipinski definition) is 4. The number of hydrogen-bond donors (Lipinski definition) is 1. The second-order valence-electron chi connectivity index (χ2n) is 5.43. The largest absolute Gasteiger partial charge is 0.481 e. The molecule has 5 heteroatoms. The van der Waals surface area contributed by atoms with Gasteiger partial charge in [-0.1, -0.05) is 6.92 Å². The quantitative estimate of drug-likeness (QED) is 0.794. The summed E-state index contributed by atoms with van der Waals surface area (Å²) in [6, 6.07) is 0.653. The fourth-order valence-electron chi connectivity index (χ4n) is 2.98. The smallest absolute Gasteiger partial charge is 0.304 e. The Hall–Kier alpha value is -0.650.